The molecule has 15 heavy (non-hydrogen) atoms. The lowest BCUT2D eigenvalue weighted by Gasteiger charge is -2.05. The van der Waals surface area contributed by atoms with Crippen LogP contribution in [0.3, 0.4) is 0 Å². The standard InChI is InChI=1S/C11H14Br2N2/c1-2-3-4-5-14-8-11-10(13)6-9(12)7-15-11/h2-3,6-7,14H,4-5,8H2,1H3/b3-2+. The molecule has 0 spiro atoms. The van der Waals surface area contributed by atoms with Crippen LogP contribution in [0.4, 0.5) is 0 Å². The van der Waals surface area contributed by atoms with Crippen LogP contribution in [0.2, 0.25) is 0 Å². The third-order valence-electron chi connectivity index (χ3n) is 1.90. The Balaban J connectivity index is 2.37. The zero-order valence-corrected chi connectivity index (χ0v) is 11.8. The summed E-state index contributed by atoms with van der Waals surface area (Å²) in [6.07, 6.45) is 7.09. The number of nitrogens with one attached hydrogen (secondary N) is 1. The minimum atomic E-state index is 0.797. The van der Waals surface area contributed by atoms with Gasteiger partial charge in [0.05, 0.1) is 5.69 Å². The first-order valence-electron chi connectivity index (χ1n) is 4.86. The fourth-order valence-corrected chi connectivity index (χ4v) is 2.26. The quantitative estimate of drug-likeness (QED) is 0.657. The first-order chi connectivity index (χ1) is 7.24. The van der Waals surface area contributed by atoms with E-state index in [0.717, 1.165) is 34.1 Å². The topological polar surface area (TPSA) is 24.9 Å². The summed E-state index contributed by atoms with van der Waals surface area (Å²) in [5.41, 5.74) is 1.04. The molecule has 0 unspecified atom stereocenters. The van der Waals surface area contributed by atoms with Gasteiger partial charge in [0, 0.05) is 21.7 Å². The molecule has 4 heteroatoms. The molecule has 0 aliphatic carbocycles. The highest BCUT2D eigenvalue weighted by atomic mass is 79.9. The second-order valence-electron chi connectivity index (χ2n) is 3.12. The molecule has 0 saturated carbocycles. The van der Waals surface area contributed by atoms with E-state index in [9.17, 15) is 0 Å². The lowest BCUT2D eigenvalue weighted by Crippen LogP contribution is -2.15. The van der Waals surface area contributed by atoms with Gasteiger partial charge in [-0.15, -0.1) is 0 Å². The molecule has 1 heterocycles. The van der Waals surface area contributed by atoms with E-state index < -0.39 is 0 Å². The van der Waals surface area contributed by atoms with Gasteiger partial charge in [0.25, 0.3) is 0 Å². The Morgan fingerprint density at radius 3 is 2.93 bits per heavy atom. The molecule has 1 N–H and O–H groups in total. The van der Waals surface area contributed by atoms with Gasteiger partial charge in [-0.3, -0.25) is 4.98 Å². The lowest BCUT2D eigenvalue weighted by molar-refractivity contribution is 0.680. The van der Waals surface area contributed by atoms with Gasteiger partial charge in [-0.05, 0) is 57.8 Å². The van der Waals surface area contributed by atoms with Gasteiger partial charge in [0.1, 0.15) is 0 Å². The van der Waals surface area contributed by atoms with Gasteiger partial charge in [-0.1, -0.05) is 12.2 Å². The van der Waals surface area contributed by atoms with Crippen molar-refractivity contribution in [2.45, 2.75) is 19.9 Å². The molecule has 0 atom stereocenters. The Morgan fingerprint density at radius 2 is 2.27 bits per heavy atom. The number of aromatic nitrogens is 1. The lowest BCUT2D eigenvalue weighted by atomic mass is 10.3. The number of rotatable bonds is 5. The van der Waals surface area contributed by atoms with Crippen molar-refractivity contribution in [2.24, 2.45) is 0 Å². The maximum Gasteiger partial charge on any atom is 0.0684 e. The predicted octanol–water partition coefficient (Wildman–Crippen LogP) is 3.66. The summed E-state index contributed by atoms with van der Waals surface area (Å²) in [5, 5.41) is 3.34. The van der Waals surface area contributed by atoms with Crippen molar-refractivity contribution in [3.8, 4) is 0 Å². The van der Waals surface area contributed by atoms with Gasteiger partial charge in [0.2, 0.25) is 0 Å². The van der Waals surface area contributed by atoms with Gasteiger partial charge >= 0.3 is 0 Å². The van der Waals surface area contributed by atoms with Crippen LogP contribution in [0, 0.1) is 0 Å². The van der Waals surface area contributed by atoms with Crippen molar-refractivity contribution in [1.29, 1.82) is 0 Å². The van der Waals surface area contributed by atoms with E-state index in [1.807, 2.05) is 19.2 Å². The zero-order chi connectivity index (χ0) is 11.1. The molecule has 0 saturated heterocycles. The summed E-state index contributed by atoms with van der Waals surface area (Å²) in [7, 11) is 0. The Kier molecular flexibility index (Phi) is 6.13. The number of hydrogen-bond acceptors (Lipinski definition) is 2. The predicted molar refractivity (Wildman–Crippen MR) is 70.8 cm³/mol. The number of hydrogen-bond donors (Lipinski definition) is 1. The van der Waals surface area contributed by atoms with Crippen molar-refractivity contribution < 1.29 is 0 Å². The molecule has 82 valence electrons. The van der Waals surface area contributed by atoms with Crippen molar-refractivity contribution in [3.63, 3.8) is 0 Å². The molecule has 0 aromatic carbocycles. The molecule has 0 aliphatic rings. The van der Waals surface area contributed by atoms with Crippen molar-refractivity contribution in [3.05, 3.63) is 39.1 Å². The average molecular weight is 334 g/mol. The summed E-state index contributed by atoms with van der Waals surface area (Å²) in [6, 6.07) is 2.01. The van der Waals surface area contributed by atoms with Crippen LogP contribution in [-0.4, -0.2) is 11.5 Å². The molecule has 1 aromatic rings. The highest BCUT2D eigenvalue weighted by molar-refractivity contribution is 9.11. The molecule has 0 aliphatic heterocycles. The van der Waals surface area contributed by atoms with Crippen LogP contribution in [0.15, 0.2) is 33.4 Å². The number of halogens is 2. The van der Waals surface area contributed by atoms with Gasteiger partial charge < -0.3 is 5.32 Å². The molecule has 1 aromatic heterocycles. The Hall–Kier alpha value is -0.190. The fraction of sp³-hybridized carbons (Fsp3) is 0.364. The minimum Gasteiger partial charge on any atom is -0.311 e. The molecule has 2 nitrogen and oxygen atoms in total. The molecule has 0 fully saturated rings. The first kappa shape index (κ1) is 12.9. The van der Waals surface area contributed by atoms with Gasteiger partial charge in [-0.2, -0.15) is 0 Å². The maximum atomic E-state index is 4.32. The fourth-order valence-electron chi connectivity index (χ4n) is 1.13. The van der Waals surface area contributed by atoms with Crippen LogP contribution in [0.25, 0.3) is 0 Å². The number of allylic oxidation sites excluding steroid dienone is 1. The molecule has 0 radical (unpaired) electrons. The van der Waals surface area contributed by atoms with Gasteiger partial charge in [0.15, 0.2) is 0 Å². The van der Waals surface area contributed by atoms with Crippen LogP contribution in [0.5, 0.6) is 0 Å². The minimum absolute atomic E-state index is 0.797. The van der Waals surface area contributed by atoms with Crippen LogP contribution < -0.4 is 5.32 Å². The average Bonchev–Trinajstić information content (AvgIpc) is 2.20. The van der Waals surface area contributed by atoms with E-state index in [1.165, 1.54) is 0 Å². The monoisotopic (exact) mass is 332 g/mol. The first-order valence-corrected chi connectivity index (χ1v) is 6.44. The SMILES string of the molecule is C/C=C/CCNCc1ncc(Br)cc1Br. The molecular weight excluding hydrogens is 320 g/mol. The van der Waals surface area contributed by atoms with E-state index in [0.29, 0.717) is 0 Å². The van der Waals surface area contributed by atoms with Crippen molar-refractivity contribution in [2.75, 3.05) is 6.54 Å². The summed E-state index contributed by atoms with van der Waals surface area (Å²) in [4.78, 5) is 4.32. The largest absolute Gasteiger partial charge is 0.311 e. The summed E-state index contributed by atoms with van der Waals surface area (Å²) in [6.45, 7) is 3.81. The highest BCUT2D eigenvalue weighted by Gasteiger charge is 2.00. The molecule has 1 rings (SSSR count). The van der Waals surface area contributed by atoms with Crippen LogP contribution >= 0.6 is 31.9 Å². The molecule has 0 amide bonds. The Morgan fingerprint density at radius 1 is 1.47 bits per heavy atom. The molecule has 0 bridgehead atoms. The number of nitrogens with zero attached hydrogens (tertiary/aromatic N) is 1. The van der Waals surface area contributed by atoms with E-state index in [1.54, 1.807) is 0 Å². The Bertz CT molecular complexity index is 337. The third kappa shape index (κ3) is 4.91. The second-order valence-corrected chi connectivity index (χ2v) is 4.89. The zero-order valence-electron chi connectivity index (χ0n) is 8.63. The molecular formula is C11H14Br2N2. The van der Waals surface area contributed by atoms with Gasteiger partial charge in [-0.25, -0.2) is 0 Å². The Labute approximate surface area is 107 Å². The van der Waals surface area contributed by atoms with Crippen molar-refractivity contribution in [1.82, 2.24) is 10.3 Å². The normalized spacial score (nSPS) is 11.1. The third-order valence-corrected chi connectivity index (χ3v) is 3.02. The summed E-state index contributed by atoms with van der Waals surface area (Å²) in [5.74, 6) is 0. The van der Waals surface area contributed by atoms with E-state index in [2.05, 4.69) is 54.3 Å². The smallest absolute Gasteiger partial charge is 0.0684 e. The summed E-state index contributed by atoms with van der Waals surface area (Å²) < 4.78 is 2.03. The van der Waals surface area contributed by atoms with E-state index >= 15 is 0 Å². The van der Waals surface area contributed by atoms with Crippen molar-refractivity contribution >= 4 is 31.9 Å². The highest BCUT2D eigenvalue weighted by Crippen LogP contribution is 2.19. The number of pyridine rings is 1. The van der Waals surface area contributed by atoms with E-state index in [4.69, 9.17) is 0 Å². The maximum absolute atomic E-state index is 4.32. The van der Waals surface area contributed by atoms with Crippen LogP contribution in [-0.2, 0) is 6.54 Å². The van der Waals surface area contributed by atoms with Crippen LogP contribution in [0.1, 0.15) is 19.0 Å². The second kappa shape index (κ2) is 7.14. The summed E-state index contributed by atoms with van der Waals surface area (Å²) >= 11 is 6.86. The van der Waals surface area contributed by atoms with E-state index in [-0.39, 0.29) is 0 Å².